The number of nitriles is 1. The van der Waals surface area contributed by atoms with E-state index < -0.39 is 11.6 Å². The molecule has 6 nitrogen and oxygen atoms in total. The zero-order valence-corrected chi connectivity index (χ0v) is 19.7. The Morgan fingerprint density at radius 3 is 2.03 bits per heavy atom. The van der Waals surface area contributed by atoms with Gasteiger partial charge in [-0.3, -0.25) is 4.79 Å². The number of hydrogen-bond acceptors (Lipinski definition) is 5. The molecular formula is C27H26F2N4O2. The summed E-state index contributed by atoms with van der Waals surface area (Å²) in [6, 6.07) is 13.5. The van der Waals surface area contributed by atoms with Crippen molar-refractivity contribution in [2.75, 3.05) is 13.1 Å². The number of rotatable bonds is 6. The number of carbonyl (C=O) groups excluding carboxylic acids is 1. The number of piperidine rings is 1. The van der Waals surface area contributed by atoms with E-state index in [1.165, 1.54) is 24.3 Å². The van der Waals surface area contributed by atoms with Gasteiger partial charge in [-0.25, -0.2) is 18.7 Å². The molecule has 1 aliphatic rings. The molecule has 2 heterocycles. The lowest BCUT2D eigenvalue weighted by Crippen LogP contribution is -2.43. The van der Waals surface area contributed by atoms with Crippen LogP contribution in [0, 0.1) is 28.9 Å². The first-order chi connectivity index (χ1) is 16.9. The van der Waals surface area contributed by atoms with E-state index in [1.54, 1.807) is 24.3 Å². The van der Waals surface area contributed by atoms with E-state index in [4.69, 9.17) is 4.74 Å². The second kappa shape index (κ2) is 10.6. The Hall–Kier alpha value is -3.86. The molecule has 1 unspecified atom stereocenters. The van der Waals surface area contributed by atoms with Crippen molar-refractivity contribution in [3.63, 3.8) is 0 Å². The molecule has 0 aliphatic carbocycles. The fourth-order valence-electron chi connectivity index (χ4n) is 4.03. The minimum Gasteiger partial charge on any atom is -0.472 e. The van der Waals surface area contributed by atoms with Crippen molar-refractivity contribution in [1.82, 2.24) is 14.9 Å². The molecule has 1 aliphatic heterocycles. The van der Waals surface area contributed by atoms with E-state index in [0.717, 1.165) is 6.42 Å². The molecular weight excluding hydrogens is 450 g/mol. The van der Waals surface area contributed by atoms with Crippen LogP contribution in [-0.2, 0) is 4.79 Å². The average molecular weight is 477 g/mol. The first-order valence-corrected chi connectivity index (χ1v) is 11.7. The van der Waals surface area contributed by atoms with Gasteiger partial charge in [-0.2, -0.15) is 5.26 Å². The molecule has 1 fully saturated rings. The van der Waals surface area contributed by atoms with Crippen molar-refractivity contribution in [2.45, 2.75) is 39.2 Å². The summed E-state index contributed by atoms with van der Waals surface area (Å²) in [6.07, 6.45) is 1.79. The Bertz CT molecular complexity index is 1230. The second-order valence-corrected chi connectivity index (χ2v) is 8.65. The lowest BCUT2D eigenvalue weighted by molar-refractivity contribution is -0.136. The zero-order chi connectivity index (χ0) is 24.9. The van der Waals surface area contributed by atoms with Crippen LogP contribution in [0.3, 0.4) is 0 Å². The minimum absolute atomic E-state index is 0.00768. The standard InChI is InChI=1S/C27H26F2N4O2/c1-3-17(2)27(34)33-14-12-22(13-15-33)35-26-23(16-30)31-24(18-4-8-20(28)9-5-18)25(32-26)19-6-10-21(29)11-7-19/h4-11,17,22H,3,12-15H2,1-2H3. The highest BCUT2D eigenvalue weighted by molar-refractivity contribution is 5.79. The third-order valence-electron chi connectivity index (χ3n) is 6.27. The minimum atomic E-state index is -0.399. The van der Waals surface area contributed by atoms with Crippen LogP contribution < -0.4 is 4.74 Å². The molecule has 0 radical (unpaired) electrons. The number of likely N-dealkylation sites (tertiary alicyclic amines) is 1. The smallest absolute Gasteiger partial charge is 0.252 e. The van der Waals surface area contributed by atoms with Crippen LogP contribution in [0.5, 0.6) is 5.88 Å². The molecule has 1 aromatic heterocycles. The number of benzene rings is 2. The van der Waals surface area contributed by atoms with Gasteiger partial charge >= 0.3 is 0 Å². The largest absolute Gasteiger partial charge is 0.472 e. The highest BCUT2D eigenvalue weighted by atomic mass is 19.1. The van der Waals surface area contributed by atoms with Gasteiger partial charge < -0.3 is 9.64 Å². The van der Waals surface area contributed by atoms with Crippen LogP contribution >= 0.6 is 0 Å². The van der Waals surface area contributed by atoms with Gasteiger partial charge in [-0.05, 0) is 55.0 Å². The molecule has 0 saturated carbocycles. The molecule has 35 heavy (non-hydrogen) atoms. The lowest BCUT2D eigenvalue weighted by atomic mass is 10.0. The zero-order valence-electron chi connectivity index (χ0n) is 19.7. The van der Waals surface area contributed by atoms with Crippen LogP contribution in [0.4, 0.5) is 8.78 Å². The van der Waals surface area contributed by atoms with Crippen LogP contribution in [-0.4, -0.2) is 40.0 Å². The van der Waals surface area contributed by atoms with E-state index in [0.29, 0.717) is 48.4 Å². The Morgan fingerprint density at radius 2 is 1.54 bits per heavy atom. The lowest BCUT2D eigenvalue weighted by Gasteiger charge is -2.33. The SMILES string of the molecule is CCC(C)C(=O)N1CCC(Oc2nc(-c3ccc(F)cc3)c(-c3ccc(F)cc3)nc2C#N)CC1. The highest BCUT2D eigenvalue weighted by Gasteiger charge is 2.28. The summed E-state index contributed by atoms with van der Waals surface area (Å²) >= 11 is 0. The van der Waals surface area contributed by atoms with Gasteiger partial charge in [0.05, 0.1) is 5.69 Å². The Balaban J connectivity index is 1.65. The maximum absolute atomic E-state index is 13.6. The summed E-state index contributed by atoms with van der Waals surface area (Å²) in [7, 11) is 0. The van der Waals surface area contributed by atoms with Gasteiger partial charge in [0.25, 0.3) is 5.88 Å². The molecule has 3 aromatic rings. The normalized spacial score (nSPS) is 14.9. The van der Waals surface area contributed by atoms with Crippen molar-refractivity contribution < 1.29 is 18.3 Å². The molecule has 1 saturated heterocycles. The maximum atomic E-state index is 13.6. The first kappa shape index (κ1) is 24.3. The molecule has 180 valence electrons. The Kier molecular flexibility index (Phi) is 7.35. The monoisotopic (exact) mass is 476 g/mol. The van der Waals surface area contributed by atoms with Crippen molar-refractivity contribution >= 4 is 5.91 Å². The molecule has 0 bridgehead atoms. The first-order valence-electron chi connectivity index (χ1n) is 11.7. The molecule has 8 heteroatoms. The molecule has 1 amide bonds. The van der Waals surface area contributed by atoms with Crippen molar-refractivity contribution in [2.24, 2.45) is 5.92 Å². The van der Waals surface area contributed by atoms with Crippen LogP contribution in [0.2, 0.25) is 0 Å². The number of amides is 1. The molecule has 0 spiro atoms. The molecule has 4 rings (SSSR count). The number of aromatic nitrogens is 2. The fourth-order valence-corrected chi connectivity index (χ4v) is 4.03. The summed E-state index contributed by atoms with van der Waals surface area (Å²) < 4.78 is 33.2. The molecule has 1 atom stereocenters. The van der Waals surface area contributed by atoms with Gasteiger partial charge in [-0.15, -0.1) is 0 Å². The quantitative estimate of drug-likeness (QED) is 0.478. The van der Waals surface area contributed by atoms with E-state index in [2.05, 4.69) is 9.97 Å². The predicted octanol–water partition coefficient (Wildman–Crippen LogP) is 5.38. The van der Waals surface area contributed by atoms with E-state index >= 15 is 0 Å². The molecule has 2 aromatic carbocycles. The Morgan fingerprint density at radius 1 is 1.03 bits per heavy atom. The number of nitrogens with zero attached hydrogens (tertiary/aromatic N) is 4. The Labute approximate surface area is 203 Å². The van der Waals surface area contributed by atoms with Crippen molar-refractivity contribution in [3.05, 3.63) is 65.9 Å². The topological polar surface area (TPSA) is 79.1 Å². The van der Waals surface area contributed by atoms with Crippen molar-refractivity contribution in [3.8, 4) is 34.5 Å². The third-order valence-corrected chi connectivity index (χ3v) is 6.27. The van der Waals surface area contributed by atoms with Crippen molar-refractivity contribution in [1.29, 1.82) is 5.26 Å². The number of carbonyl (C=O) groups is 1. The summed E-state index contributed by atoms with van der Waals surface area (Å²) in [6.45, 7) is 5.07. The van der Waals surface area contributed by atoms with Crippen LogP contribution in [0.25, 0.3) is 22.5 Å². The number of ether oxygens (including phenoxy) is 1. The number of halogens is 2. The predicted molar refractivity (Wildman–Crippen MR) is 127 cm³/mol. The van der Waals surface area contributed by atoms with Gasteiger partial charge in [-0.1, -0.05) is 13.8 Å². The summed E-state index contributed by atoms with van der Waals surface area (Å²) in [5, 5.41) is 9.77. The average Bonchev–Trinajstić information content (AvgIpc) is 2.89. The van der Waals surface area contributed by atoms with Gasteiger partial charge in [0.2, 0.25) is 11.6 Å². The van der Waals surface area contributed by atoms with Gasteiger partial charge in [0.1, 0.15) is 29.5 Å². The van der Waals surface area contributed by atoms with E-state index in [9.17, 15) is 18.8 Å². The van der Waals surface area contributed by atoms with Gasteiger partial charge in [0, 0.05) is 43.0 Å². The van der Waals surface area contributed by atoms with Crippen LogP contribution in [0.15, 0.2) is 48.5 Å². The maximum Gasteiger partial charge on any atom is 0.252 e. The summed E-state index contributed by atoms with van der Waals surface area (Å²) in [4.78, 5) is 23.5. The summed E-state index contributed by atoms with van der Waals surface area (Å²) in [5.41, 5.74) is 1.93. The molecule has 0 N–H and O–H groups in total. The van der Waals surface area contributed by atoms with Gasteiger partial charge in [0.15, 0.2) is 0 Å². The number of hydrogen-bond donors (Lipinski definition) is 0. The second-order valence-electron chi connectivity index (χ2n) is 8.65. The highest BCUT2D eigenvalue weighted by Crippen LogP contribution is 2.33. The fraction of sp³-hybridized carbons (Fsp3) is 0.333. The summed E-state index contributed by atoms with van der Waals surface area (Å²) in [5.74, 6) is -0.576. The van der Waals surface area contributed by atoms with E-state index in [1.807, 2.05) is 24.8 Å². The van der Waals surface area contributed by atoms with Crippen LogP contribution in [0.1, 0.15) is 38.8 Å². The van der Waals surface area contributed by atoms with E-state index in [-0.39, 0.29) is 29.5 Å². The third kappa shape index (κ3) is 5.46.